The molecule has 0 amide bonds. The van der Waals surface area contributed by atoms with E-state index in [-0.39, 0.29) is 0 Å². The van der Waals surface area contributed by atoms with E-state index >= 15 is 0 Å². The second-order valence-corrected chi connectivity index (χ2v) is 8.10. The minimum absolute atomic E-state index is 0.670. The summed E-state index contributed by atoms with van der Waals surface area (Å²) in [6.07, 6.45) is 9.72. The molecule has 2 aliphatic heterocycles. The van der Waals surface area contributed by atoms with Crippen molar-refractivity contribution in [2.24, 2.45) is 0 Å². The molecule has 1 aromatic carbocycles. The fraction of sp³-hybridized carbons (Fsp3) is 0.375. The zero-order valence-corrected chi connectivity index (χ0v) is 16.4. The van der Waals surface area contributed by atoms with Crippen LogP contribution in [0.2, 0.25) is 0 Å². The summed E-state index contributed by atoms with van der Waals surface area (Å²) >= 11 is 0. The van der Waals surface area contributed by atoms with E-state index in [1.165, 1.54) is 50.2 Å². The molecule has 1 unspecified atom stereocenters. The third-order valence-corrected chi connectivity index (χ3v) is 6.30. The van der Waals surface area contributed by atoms with Crippen molar-refractivity contribution >= 4 is 0 Å². The molecule has 1 fully saturated rings. The molecule has 3 aromatic rings. The number of fused-ring (bicyclic) bond motifs is 1. The number of piperidine rings is 1. The zero-order chi connectivity index (χ0) is 18.8. The van der Waals surface area contributed by atoms with Crippen LogP contribution in [0.3, 0.4) is 0 Å². The first-order valence-electron chi connectivity index (χ1n) is 10.5. The number of nitrogens with zero attached hydrogens (tertiary/aromatic N) is 4. The standard InChI is InChI=1S/C24H28N4/c1-2-7-21-17-27(15-11-20(21)6-1)23-9-4-13-26(18-23)19-24-10-5-14-28(24)22-8-3-12-25-16-22/h1-3,5-8,10,12,14,16,23H,4,9,11,13,15,17-19H2. The second-order valence-electron chi connectivity index (χ2n) is 8.10. The lowest BCUT2D eigenvalue weighted by Gasteiger charge is -2.41. The van der Waals surface area contributed by atoms with Crippen molar-refractivity contribution < 1.29 is 0 Å². The largest absolute Gasteiger partial charge is 0.318 e. The maximum Gasteiger partial charge on any atom is 0.0636 e. The highest BCUT2D eigenvalue weighted by Crippen LogP contribution is 2.25. The first-order chi connectivity index (χ1) is 13.9. The quantitative estimate of drug-likeness (QED) is 0.694. The molecule has 0 N–H and O–H groups in total. The molecular formula is C24H28N4. The maximum absolute atomic E-state index is 4.28. The third kappa shape index (κ3) is 3.62. The summed E-state index contributed by atoms with van der Waals surface area (Å²) in [5.74, 6) is 0. The smallest absolute Gasteiger partial charge is 0.0636 e. The molecule has 1 atom stereocenters. The van der Waals surface area contributed by atoms with E-state index in [0.29, 0.717) is 6.04 Å². The first-order valence-corrected chi connectivity index (χ1v) is 10.5. The van der Waals surface area contributed by atoms with Crippen LogP contribution in [0.5, 0.6) is 0 Å². The molecule has 0 saturated carbocycles. The van der Waals surface area contributed by atoms with Crippen molar-refractivity contribution in [3.05, 3.63) is 83.9 Å². The summed E-state index contributed by atoms with van der Waals surface area (Å²) in [7, 11) is 0. The van der Waals surface area contributed by atoms with Crippen LogP contribution in [-0.2, 0) is 19.5 Å². The molecule has 1 saturated heterocycles. The van der Waals surface area contributed by atoms with Crippen LogP contribution in [0, 0.1) is 0 Å². The van der Waals surface area contributed by atoms with E-state index in [9.17, 15) is 0 Å². The minimum atomic E-state index is 0.670. The summed E-state index contributed by atoms with van der Waals surface area (Å²) in [5, 5.41) is 0. The number of pyridine rings is 1. The molecule has 0 radical (unpaired) electrons. The highest BCUT2D eigenvalue weighted by atomic mass is 15.2. The van der Waals surface area contributed by atoms with Gasteiger partial charge in [-0.3, -0.25) is 14.8 Å². The van der Waals surface area contributed by atoms with Gasteiger partial charge < -0.3 is 4.57 Å². The lowest BCUT2D eigenvalue weighted by atomic mass is 9.96. The molecule has 144 valence electrons. The molecule has 0 aliphatic carbocycles. The van der Waals surface area contributed by atoms with Crippen LogP contribution in [0.1, 0.15) is 29.7 Å². The van der Waals surface area contributed by atoms with Gasteiger partial charge in [-0.05, 0) is 61.2 Å². The Balaban J connectivity index is 1.27. The van der Waals surface area contributed by atoms with Gasteiger partial charge in [-0.2, -0.15) is 0 Å². The molecule has 4 nitrogen and oxygen atoms in total. The van der Waals surface area contributed by atoms with Crippen molar-refractivity contribution in [3.8, 4) is 5.69 Å². The lowest BCUT2D eigenvalue weighted by Crippen LogP contribution is -2.49. The number of benzene rings is 1. The Kier molecular flexibility index (Phi) is 4.98. The van der Waals surface area contributed by atoms with Gasteiger partial charge in [0, 0.05) is 50.3 Å². The second kappa shape index (κ2) is 7.90. The fourth-order valence-electron chi connectivity index (χ4n) is 4.82. The third-order valence-electron chi connectivity index (χ3n) is 6.30. The van der Waals surface area contributed by atoms with Gasteiger partial charge in [0.05, 0.1) is 11.9 Å². The van der Waals surface area contributed by atoms with Gasteiger partial charge in [0.15, 0.2) is 0 Å². The van der Waals surface area contributed by atoms with Gasteiger partial charge in [0.2, 0.25) is 0 Å². The van der Waals surface area contributed by atoms with Crippen molar-refractivity contribution in [3.63, 3.8) is 0 Å². The minimum Gasteiger partial charge on any atom is -0.318 e. The van der Waals surface area contributed by atoms with Crippen LogP contribution in [-0.4, -0.2) is 45.0 Å². The van der Waals surface area contributed by atoms with E-state index in [2.05, 4.69) is 68.0 Å². The van der Waals surface area contributed by atoms with Crippen LogP contribution < -0.4 is 0 Å². The topological polar surface area (TPSA) is 24.3 Å². The number of hydrogen-bond donors (Lipinski definition) is 0. The van der Waals surface area contributed by atoms with Crippen molar-refractivity contribution in [1.82, 2.24) is 19.4 Å². The predicted octanol–water partition coefficient (Wildman–Crippen LogP) is 3.90. The SMILES string of the molecule is c1cncc(-n2cccc2CN2CCCC(N3CCc4ccccc4C3)C2)c1. The van der Waals surface area contributed by atoms with Crippen LogP contribution in [0.25, 0.3) is 5.69 Å². The molecule has 28 heavy (non-hydrogen) atoms. The number of aromatic nitrogens is 2. The Morgan fingerprint density at radius 3 is 2.79 bits per heavy atom. The Hall–Kier alpha value is -2.43. The molecular weight excluding hydrogens is 344 g/mol. The highest BCUT2D eigenvalue weighted by molar-refractivity contribution is 5.32. The Bertz CT molecular complexity index is 917. The summed E-state index contributed by atoms with van der Waals surface area (Å²) in [4.78, 5) is 9.63. The molecule has 0 bridgehead atoms. The van der Waals surface area contributed by atoms with Crippen LogP contribution >= 0.6 is 0 Å². The van der Waals surface area contributed by atoms with Crippen molar-refractivity contribution in [2.45, 2.75) is 38.4 Å². The predicted molar refractivity (Wildman–Crippen MR) is 112 cm³/mol. The number of likely N-dealkylation sites (tertiary alicyclic amines) is 1. The van der Waals surface area contributed by atoms with Crippen molar-refractivity contribution in [2.75, 3.05) is 19.6 Å². The van der Waals surface area contributed by atoms with Gasteiger partial charge in [-0.25, -0.2) is 0 Å². The monoisotopic (exact) mass is 372 g/mol. The fourth-order valence-corrected chi connectivity index (χ4v) is 4.82. The van der Waals surface area contributed by atoms with Gasteiger partial charge in [0.25, 0.3) is 0 Å². The van der Waals surface area contributed by atoms with Gasteiger partial charge in [-0.1, -0.05) is 24.3 Å². The summed E-state index contributed by atoms with van der Waals surface area (Å²) < 4.78 is 2.27. The molecule has 0 spiro atoms. The summed E-state index contributed by atoms with van der Waals surface area (Å²) in [6.45, 7) is 5.67. The average molecular weight is 373 g/mol. The van der Waals surface area contributed by atoms with E-state index in [4.69, 9.17) is 0 Å². The zero-order valence-electron chi connectivity index (χ0n) is 16.4. The molecule has 2 aliphatic rings. The first kappa shape index (κ1) is 17.7. The van der Waals surface area contributed by atoms with Crippen molar-refractivity contribution in [1.29, 1.82) is 0 Å². The van der Waals surface area contributed by atoms with Crippen LogP contribution in [0.15, 0.2) is 67.1 Å². The molecule has 4 heterocycles. The van der Waals surface area contributed by atoms with E-state index < -0.39 is 0 Å². The molecule has 5 rings (SSSR count). The Labute approximate surface area is 167 Å². The van der Waals surface area contributed by atoms with Gasteiger partial charge in [0.1, 0.15) is 0 Å². The van der Waals surface area contributed by atoms with E-state index in [1.54, 1.807) is 5.56 Å². The Morgan fingerprint density at radius 2 is 1.89 bits per heavy atom. The number of hydrogen-bond acceptors (Lipinski definition) is 3. The molecule has 4 heteroatoms. The highest BCUT2D eigenvalue weighted by Gasteiger charge is 2.28. The lowest BCUT2D eigenvalue weighted by molar-refractivity contribution is 0.0830. The average Bonchev–Trinajstić information content (AvgIpc) is 3.22. The van der Waals surface area contributed by atoms with Gasteiger partial charge in [-0.15, -0.1) is 0 Å². The maximum atomic E-state index is 4.28. The molecule has 2 aromatic heterocycles. The number of rotatable bonds is 4. The summed E-state index contributed by atoms with van der Waals surface area (Å²) in [6, 6.07) is 18.2. The normalized spacial score (nSPS) is 20.8. The Morgan fingerprint density at radius 1 is 0.964 bits per heavy atom. The van der Waals surface area contributed by atoms with Gasteiger partial charge >= 0.3 is 0 Å². The van der Waals surface area contributed by atoms with Crippen LogP contribution in [0.4, 0.5) is 0 Å². The summed E-state index contributed by atoms with van der Waals surface area (Å²) in [5.41, 5.74) is 5.55. The van der Waals surface area contributed by atoms with E-state index in [1.807, 2.05) is 18.5 Å². The van der Waals surface area contributed by atoms with E-state index in [0.717, 1.165) is 18.8 Å².